The summed E-state index contributed by atoms with van der Waals surface area (Å²) in [5.41, 5.74) is 2.15. The molecule has 0 aliphatic heterocycles. The van der Waals surface area contributed by atoms with Gasteiger partial charge in [-0.2, -0.15) is 0 Å². The van der Waals surface area contributed by atoms with Crippen LogP contribution in [-0.2, 0) is 16.0 Å². The first kappa shape index (κ1) is 18.2. The van der Waals surface area contributed by atoms with E-state index in [-0.39, 0.29) is 17.7 Å². The monoisotopic (exact) mass is 305 g/mol. The number of carbonyl (C=O) groups is 2. The summed E-state index contributed by atoms with van der Waals surface area (Å²) in [6.45, 7) is 9.70. The van der Waals surface area contributed by atoms with Crippen molar-refractivity contribution >= 4 is 11.9 Å². The van der Waals surface area contributed by atoms with E-state index in [1.165, 1.54) is 5.56 Å². The summed E-state index contributed by atoms with van der Waals surface area (Å²) >= 11 is 0. The molecule has 0 spiro atoms. The highest BCUT2D eigenvalue weighted by Crippen LogP contribution is 2.18. The van der Waals surface area contributed by atoms with Gasteiger partial charge in [0.2, 0.25) is 5.91 Å². The molecule has 1 unspecified atom stereocenters. The lowest BCUT2D eigenvalue weighted by molar-refractivity contribution is -0.143. The molecule has 0 aromatic heterocycles. The number of amides is 1. The van der Waals surface area contributed by atoms with E-state index in [1.54, 1.807) is 20.8 Å². The smallest absolute Gasteiger partial charge is 0.326 e. The molecule has 1 rings (SSSR count). The number of carbonyl (C=O) groups excluding carboxylic acids is 1. The normalized spacial score (nSPS) is 14.0. The van der Waals surface area contributed by atoms with Gasteiger partial charge in [0.15, 0.2) is 0 Å². The Morgan fingerprint density at radius 2 is 1.59 bits per heavy atom. The van der Waals surface area contributed by atoms with Crippen molar-refractivity contribution in [2.45, 2.75) is 53.0 Å². The summed E-state index contributed by atoms with van der Waals surface area (Å²) in [4.78, 5) is 23.4. The molecule has 0 heterocycles. The van der Waals surface area contributed by atoms with E-state index >= 15 is 0 Å². The molecular weight excluding hydrogens is 278 g/mol. The van der Waals surface area contributed by atoms with E-state index < -0.39 is 12.0 Å². The Balaban J connectivity index is 2.76. The summed E-state index contributed by atoms with van der Waals surface area (Å²) in [6.07, 6.45) is 1.01. The number of nitrogens with one attached hydrogen (secondary N) is 1. The number of hydrogen-bond acceptors (Lipinski definition) is 2. The summed E-state index contributed by atoms with van der Waals surface area (Å²) in [6, 6.07) is 7.13. The molecule has 2 N–H and O–H groups in total. The second-order valence-corrected chi connectivity index (χ2v) is 6.63. The quantitative estimate of drug-likeness (QED) is 0.813. The van der Waals surface area contributed by atoms with Gasteiger partial charge in [0.05, 0.1) is 5.92 Å². The topological polar surface area (TPSA) is 66.4 Å². The van der Waals surface area contributed by atoms with Gasteiger partial charge in [-0.3, -0.25) is 4.79 Å². The standard InChI is InChI=1S/C18H27NO3/c1-11(2)10-14-6-8-15(9-7-14)13(5)17(20)19-16(12(3)4)18(21)22/h6-9,11-13,16H,10H2,1-5H3,(H,19,20)(H,21,22)/t13?,16-/m1/s1. The van der Waals surface area contributed by atoms with Crippen molar-refractivity contribution in [2.24, 2.45) is 11.8 Å². The van der Waals surface area contributed by atoms with Gasteiger partial charge in [0.1, 0.15) is 6.04 Å². The van der Waals surface area contributed by atoms with Crippen LogP contribution in [0, 0.1) is 11.8 Å². The molecule has 0 saturated carbocycles. The Hall–Kier alpha value is -1.84. The van der Waals surface area contributed by atoms with Crippen molar-refractivity contribution in [3.8, 4) is 0 Å². The van der Waals surface area contributed by atoms with Crippen molar-refractivity contribution in [1.29, 1.82) is 0 Å². The fraction of sp³-hybridized carbons (Fsp3) is 0.556. The molecule has 0 radical (unpaired) electrons. The lowest BCUT2D eigenvalue weighted by Crippen LogP contribution is -2.45. The van der Waals surface area contributed by atoms with Crippen LogP contribution in [0.25, 0.3) is 0 Å². The zero-order valence-electron chi connectivity index (χ0n) is 14.1. The Bertz CT molecular complexity index is 506. The second kappa shape index (κ2) is 7.97. The average molecular weight is 305 g/mol. The molecule has 1 aromatic carbocycles. The molecule has 0 bridgehead atoms. The summed E-state index contributed by atoms with van der Waals surface area (Å²) < 4.78 is 0. The van der Waals surface area contributed by atoms with Crippen LogP contribution >= 0.6 is 0 Å². The molecule has 0 saturated heterocycles. The van der Waals surface area contributed by atoms with Gasteiger partial charge in [-0.25, -0.2) is 4.79 Å². The van der Waals surface area contributed by atoms with Gasteiger partial charge in [0.25, 0.3) is 0 Å². The maximum Gasteiger partial charge on any atom is 0.326 e. The first-order valence-electron chi connectivity index (χ1n) is 7.84. The molecule has 0 aliphatic rings. The Morgan fingerprint density at radius 3 is 2.00 bits per heavy atom. The van der Waals surface area contributed by atoms with Gasteiger partial charge in [-0.05, 0) is 36.3 Å². The zero-order chi connectivity index (χ0) is 16.9. The van der Waals surface area contributed by atoms with Crippen molar-refractivity contribution in [3.63, 3.8) is 0 Å². The number of rotatable bonds is 7. The predicted octanol–water partition coefficient (Wildman–Crippen LogP) is 3.21. The van der Waals surface area contributed by atoms with Crippen molar-refractivity contribution in [1.82, 2.24) is 5.32 Å². The van der Waals surface area contributed by atoms with Crippen LogP contribution < -0.4 is 5.32 Å². The highest BCUT2D eigenvalue weighted by Gasteiger charge is 2.26. The summed E-state index contributed by atoms with van der Waals surface area (Å²) in [5, 5.41) is 11.8. The third-order valence-electron chi connectivity index (χ3n) is 3.75. The van der Waals surface area contributed by atoms with Crippen molar-refractivity contribution in [2.75, 3.05) is 0 Å². The molecule has 122 valence electrons. The molecule has 22 heavy (non-hydrogen) atoms. The van der Waals surface area contributed by atoms with E-state index in [4.69, 9.17) is 5.11 Å². The first-order valence-corrected chi connectivity index (χ1v) is 7.84. The van der Waals surface area contributed by atoms with Crippen LogP contribution in [0.3, 0.4) is 0 Å². The summed E-state index contributed by atoms with van der Waals surface area (Å²) in [5.74, 6) is -1.18. The highest BCUT2D eigenvalue weighted by atomic mass is 16.4. The van der Waals surface area contributed by atoms with Crippen molar-refractivity contribution in [3.05, 3.63) is 35.4 Å². The molecule has 4 heteroatoms. The number of benzene rings is 1. The molecule has 4 nitrogen and oxygen atoms in total. The number of carboxylic acid groups (broad SMARTS) is 1. The van der Waals surface area contributed by atoms with E-state index in [9.17, 15) is 9.59 Å². The van der Waals surface area contributed by atoms with Crippen LogP contribution in [0.5, 0.6) is 0 Å². The summed E-state index contributed by atoms with van der Waals surface area (Å²) in [7, 11) is 0. The van der Waals surface area contributed by atoms with Gasteiger partial charge >= 0.3 is 5.97 Å². The van der Waals surface area contributed by atoms with E-state index in [0.29, 0.717) is 5.92 Å². The van der Waals surface area contributed by atoms with Crippen LogP contribution in [-0.4, -0.2) is 23.0 Å². The molecular formula is C18H27NO3. The predicted molar refractivity (Wildman–Crippen MR) is 87.8 cm³/mol. The molecule has 0 fully saturated rings. The first-order chi connectivity index (χ1) is 10.2. The fourth-order valence-electron chi connectivity index (χ4n) is 2.36. The lowest BCUT2D eigenvalue weighted by Gasteiger charge is -2.21. The third-order valence-corrected chi connectivity index (χ3v) is 3.75. The minimum absolute atomic E-state index is 0.151. The number of hydrogen-bond donors (Lipinski definition) is 2. The van der Waals surface area contributed by atoms with E-state index in [0.717, 1.165) is 12.0 Å². The molecule has 1 amide bonds. The largest absolute Gasteiger partial charge is 0.480 e. The van der Waals surface area contributed by atoms with Crippen LogP contribution in [0.4, 0.5) is 0 Å². The van der Waals surface area contributed by atoms with Crippen LogP contribution in [0.2, 0.25) is 0 Å². The van der Waals surface area contributed by atoms with Gasteiger partial charge < -0.3 is 10.4 Å². The molecule has 1 aromatic rings. The van der Waals surface area contributed by atoms with Crippen LogP contribution in [0.1, 0.15) is 51.7 Å². The second-order valence-electron chi connectivity index (χ2n) is 6.63. The van der Waals surface area contributed by atoms with Crippen molar-refractivity contribution < 1.29 is 14.7 Å². The minimum Gasteiger partial charge on any atom is -0.480 e. The fourth-order valence-corrected chi connectivity index (χ4v) is 2.36. The highest BCUT2D eigenvalue weighted by molar-refractivity contribution is 5.87. The zero-order valence-corrected chi connectivity index (χ0v) is 14.1. The van der Waals surface area contributed by atoms with E-state index in [1.807, 2.05) is 24.3 Å². The van der Waals surface area contributed by atoms with Gasteiger partial charge in [-0.15, -0.1) is 0 Å². The molecule has 2 atom stereocenters. The minimum atomic E-state index is -0.997. The third kappa shape index (κ3) is 5.17. The van der Waals surface area contributed by atoms with Gasteiger partial charge in [-0.1, -0.05) is 52.0 Å². The molecule has 0 aliphatic carbocycles. The SMILES string of the molecule is CC(C)Cc1ccc(C(C)C(=O)N[C@@H](C(=O)O)C(C)C)cc1. The Kier molecular flexibility index (Phi) is 6.60. The Labute approximate surface area is 132 Å². The maximum absolute atomic E-state index is 12.3. The Morgan fingerprint density at radius 1 is 1.05 bits per heavy atom. The van der Waals surface area contributed by atoms with Gasteiger partial charge in [0, 0.05) is 0 Å². The average Bonchev–Trinajstić information content (AvgIpc) is 2.43. The van der Waals surface area contributed by atoms with Crippen LogP contribution in [0.15, 0.2) is 24.3 Å². The number of aliphatic carboxylic acids is 1. The lowest BCUT2D eigenvalue weighted by atomic mass is 9.95. The van der Waals surface area contributed by atoms with E-state index in [2.05, 4.69) is 19.2 Å². The number of carboxylic acids is 1. The maximum atomic E-state index is 12.3.